The molecule has 1 unspecified atom stereocenters. The van der Waals surface area contributed by atoms with Crippen LogP contribution in [0.25, 0.3) is 0 Å². The highest BCUT2D eigenvalue weighted by Crippen LogP contribution is 2.28. The Morgan fingerprint density at radius 2 is 1.95 bits per heavy atom. The molecule has 0 spiro atoms. The van der Waals surface area contributed by atoms with E-state index in [-0.39, 0.29) is 24.0 Å². The molecule has 2 aromatic carbocycles. The molecule has 0 fully saturated rings. The zero-order chi connectivity index (χ0) is 13.7. The molecule has 19 heavy (non-hydrogen) atoms. The number of aromatic hydroxyl groups is 2. The standard InChI is InChI=1S/C15H14NO3/c17-10-9-13(11-5-7-12(18)8-6-11)16-14-3-1-2-4-15(14)19/h2-8,10,13,16,18-19H,9H2. The summed E-state index contributed by atoms with van der Waals surface area (Å²) in [6, 6.07) is 13.9. The van der Waals surface area contributed by atoms with Crippen LogP contribution in [-0.4, -0.2) is 16.5 Å². The molecule has 0 bridgehead atoms. The Balaban J connectivity index is 2.23. The van der Waals surface area contributed by atoms with Gasteiger partial charge in [0.2, 0.25) is 0 Å². The summed E-state index contributed by atoms with van der Waals surface area (Å²) in [5, 5.41) is 22.1. The van der Waals surface area contributed by atoms with Crippen LogP contribution >= 0.6 is 0 Å². The van der Waals surface area contributed by atoms with Crippen LogP contribution in [0.15, 0.2) is 42.5 Å². The number of hydrogen-bond acceptors (Lipinski definition) is 4. The van der Waals surface area contributed by atoms with Gasteiger partial charge in [0.25, 0.3) is 0 Å². The SMILES string of the molecule is O=CCC(Nc1c[c]ccc1O)c1ccc(O)cc1. The minimum atomic E-state index is -0.264. The lowest BCUT2D eigenvalue weighted by atomic mass is 10.0. The molecule has 0 amide bonds. The van der Waals surface area contributed by atoms with Crippen molar-refractivity contribution in [3.05, 3.63) is 54.1 Å². The summed E-state index contributed by atoms with van der Waals surface area (Å²) < 4.78 is 0. The summed E-state index contributed by atoms with van der Waals surface area (Å²) in [5.74, 6) is 0.276. The molecule has 0 saturated heterocycles. The molecule has 0 aliphatic heterocycles. The number of benzene rings is 2. The molecule has 2 rings (SSSR count). The van der Waals surface area contributed by atoms with Gasteiger partial charge in [-0.25, -0.2) is 0 Å². The molecule has 0 aromatic heterocycles. The fourth-order valence-electron chi connectivity index (χ4n) is 1.81. The summed E-state index contributed by atoms with van der Waals surface area (Å²) in [5.41, 5.74) is 1.37. The van der Waals surface area contributed by atoms with Gasteiger partial charge in [-0.15, -0.1) is 0 Å². The van der Waals surface area contributed by atoms with E-state index in [1.165, 1.54) is 6.07 Å². The third kappa shape index (κ3) is 3.25. The van der Waals surface area contributed by atoms with Gasteiger partial charge in [0.1, 0.15) is 17.8 Å². The molecule has 0 aliphatic carbocycles. The van der Waals surface area contributed by atoms with Crippen LogP contribution in [0.4, 0.5) is 5.69 Å². The quantitative estimate of drug-likeness (QED) is 0.568. The Bertz CT molecular complexity index is 552. The lowest BCUT2D eigenvalue weighted by Crippen LogP contribution is -2.11. The third-order valence-corrected chi connectivity index (χ3v) is 2.80. The van der Waals surface area contributed by atoms with Crippen molar-refractivity contribution < 1.29 is 15.0 Å². The number of aldehydes is 1. The second-order valence-electron chi connectivity index (χ2n) is 4.13. The van der Waals surface area contributed by atoms with E-state index >= 15 is 0 Å². The van der Waals surface area contributed by atoms with E-state index in [0.717, 1.165) is 11.8 Å². The summed E-state index contributed by atoms with van der Waals surface area (Å²) in [6.07, 6.45) is 1.08. The van der Waals surface area contributed by atoms with Crippen molar-refractivity contribution in [3.8, 4) is 11.5 Å². The first-order valence-corrected chi connectivity index (χ1v) is 5.89. The molecule has 4 heteroatoms. The second kappa shape index (κ2) is 5.91. The van der Waals surface area contributed by atoms with Crippen molar-refractivity contribution in [2.45, 2.75) is 12.5 Å². The Morgan fingerprint density at radius 1 is 1.21 bits per heavy atom. The zero-order valence-electron chi connectivity index (χ0n) is 10.2. The van der Waals surface area contributed by atoms with Gasteiger partial charge in [-0.3, -0.25) is 0 Å². The minimum absolute atomic E-state index is 0.105. The highest BCUT2D eigenvalue weighted by Gasteiger charge is 2.12. The number of phenols is 2. The summed E-state index contributed by atoms with van der Waals surface area (Å²) in [6.45, 7) is 0. The van der Waals surface area contributed by atoms with Crippen molar-refractivity contribution >= 4 is 12.0 Å². The Labute approximate surface area is 111 Å². The molecule has 0 aliphatic rings. The predicted molar refractivity (Wildman–Crippen MR) is 72.1 cm³/mol. The number of anilines is 1. The monoisotopic (exact) mass is 256 g/mol. The molecule has 1 radical (unpaired) electrons. The molecule has 0 saturated carbocycles. The second-order valence-corrected chi connectivity index (χ2v) is 4.13. The van der Waals surface area contributed by atoms with Crippen molar-refractivity contribution in [1.29, 1.82) is 0 Å². The predicted octanol–water partition coefficient (Wildman–Crippen LogP) is 2.64. The van der Waals surface area contributed by atoms with Crippen LogP contribution in [0.3, 0.4) is 0 Å². The van der Waals surface area contributed by atoms with Crippen LogP contribution in [0.2, 0.25) is 0 Å². The van der Waals surface area contributed by atoms with Crippen molar-refractivity contribution in [2.24, 2.45) is 0 Å². The van der Waals surface area contributed by atoms with Gasteiger partial charge >= 0.3 is 0 Å². The van der Waals surface area contributed by atoms with Crippen LogP contribution in [0.1, 0.15) is 18.0 Å². The minimum Gasteiger partial charge on any atom is -0.508 e. The maximum Gasteiger partial charge on any atom is 0.138 e. The van der Waals surface area contributed by atoms with Gasteiger partial charge in [0, 0.05) is 6.42 Å². The average molecular weight is 256 g/mol. The van der Waals surface area contributed by atoms with Crippen LogP contribution in [0, 0.1) is 6.07 Å². The highest BCUT2D eigenvalue weighted by atomic mass is 16.3. The van der Waals surface area contributed by atoms with E-state index in [0.29, 0.717) is 5.69 Å². The van der Waals surface area contributed by atoms with E-state index in [4.69, 9.17) is 0 Å². The third-order valence-electron chi connectivity index (χ3n) is 2.80. The van der Waals surface area contributed by atoms with Crippen molar-refractivity contribution in [2.75, 3.05) is 5.32 Å². The topological polar surface area (TPSA) is 69.6 Å². The highest BCUT2D eigenvalue weighted by molar-refractivity contribution is 5.59. The smallest absolute Gasteiger partial charge is 0.138 e. The van der Waals surface area contributed by atoms with Gasteiger partial charge in [-0.2, -0.15) is 0 Å². The molecule has 3 N–H and O–H groups in total. The van der Waals surface area contributed by atoms with Crippen LogP contribution < -0.4 is 5.32 Å². The Morgan fingerprint density at radius 3 is 2.58 bits per heavy atom. The summed E-state index contributed by atoms with van der Waals surface area (Å²) >= 11 is 0. The fraction of sp³-hybridized carbons (Fsp3) is 0.133. The first-order chi connectivity index (χ1) is 9.20. The number of rotatable bonds is 5. The number of carbonyl (C=O) groups excluding carboxylic acids is 1. The maximum absolute atomic E-state index is 10.8. The number of carbonyl (C=O) groups is 1. The van der Waals surface area contributed by atoms with Gasteiger partial charge in [-0.05, 0) is 35.9 Å². The Hall–Kier alpha value is -2.49. The van der Waals surface area contributed by atoms with Crippen LogP contribution in [-0.2, 0) is 4.79 Å². The van der Waals surface area contributed by atoms with Gasteiger partial charge in [0.05, 0.1) is 11.7 Å². The normalized spacial score (nSPS) is 11.8. The molecule has 97 valence electrons. The van der Waals surface area contributed by atoms with Gasteiger partial charge < -0.3 is 20.3 Å². The first kappa shape index (κ1) is 13.0. The van der Waals surface area contributed by atoms with Crippen molar-refractivity contribution in [3.63, 3.8) is 0 Å². The molecule has 1 atom stereocenters. The molecular formula is C15H14NO3. The van der Waals surface area contributed by atoms with Gasteiger partial charge in [-0.1, -0.05) is 18.2 Å². The van der Waals surface area contributed by atoms with E-state index in [2.05, 4.69) is 11.4 Å². The van der Waals surface area contributed by atoms with E-state index < -0.39 is 0 Å². The molecular weight excluding hydrogens is 242 g/mol. The number of hydrogen-bond donors (Lipinski definition) is 3. The van der Waals surface area contributed by atoms with Crippen molar-refractivity contribution in [1.82, 2.24) is 0 Å². The molecule has 2 aromatic rings. The fourth-order valence-corrected chi connectivity index (χ4v) is 1.81. The molecule has 0 heterocycles. The van der Waals surface area contributed by atoms with E-state index in [1.54, 1.807) is 36.4 Å². The zero-order valence-corrected chi connectivity index (χ0v) is 10.2. The molecule has 4 nitrogen and oxygen atoms in total. The van der Waals surface area contributed by atoms with E-state index in [1.807, 2.05) is 0 Å². The lowest BCUT2D eigenvalue weighted by molar-refractivity contribution is -0.108. The van der Waals surface area contributed by atoms with E-state index in [9.17, 15) is 15.0 Å². The lowest BCUT2D eigenvalue weighted by Gasteiger charge is -2.19. The number of nitrogens with one attached hydrogen (secondary N) is 1. The average Bonchev–Trinajstić information content (AvgIpc) is 2.42. The van der Waals surface area contributed by atoms with Crippen LogP contribution in [0.5, 0.6) is 11.5 Å². The first-order valence-electron chi connectivity index (χ1n) is 5.89. The number of phenolic OH excluding ortho intramolecular Hbond substituents is 2. The maximum atomic E-state index is 10.8. The van der Waals surface area contributed by atoms with Gasteiger partial charge in [0.15, 0.2) is 0 Å². The summed E-state index contributed by atoms with van der Waals surface area (Å²) in [7, 11) is 0. The largest absolute Gasteiger partial charge is 0.508 e. The summed E-state index contributed by atoms with van der Waals surface area (Å²) in [4.78, 5) is 10.8. The Kier molecular flexibility index (Phi) is 4.03.